The Hall–Kier alpha value is -0.780. The molecule has 0 heterocycles. The van der Waals surface area contributed by atoms with E-state index < -0.39 is 0 Å². The van der Waals surface area contributed by atoms with Crippen molar-refractivity contribution in [2.75, 3.05) is 0 Å². The van der Waals surface area contributed by atoms with Gasteiger partial charge in [0, 0.05) is 0 Å². The summed E-state index contributed by atoms with van der Waals surface area (Å²) in [6, 6.07) is 10.3. The highest BCUT2D eigenvalue weighted by Gasteiger charge is 2.05. The minimum absolute atomic E-state index is 0. The second-order valence-corrected chi connectivity index (χ2v) is 8.10. The fourth-order valence-corrected chi connectivity index (χ4v) is 1.84. The smallest absolute Gasteiger partial charge is 0.0398 e. The van der Waals surface area contributed by atoms with Crippen LogP contribution in [0.3, 0.4) is 0 Å². The molecule has 29 heavy (non-hydrogen) atoms. The van der Waals surface area contributed by atoms with E-state index in [1.54, 1.807) is 0 Å². The zero-order valence-corrected chi connectivity index (χ0v) is 22.7. The number of aryl methyl sites for hydroxylation is 1. The van der Waals surface area contributed by atoms with Crippen LogP contribution in [0.25, 0.3) is 0 Å². The Morgan fingerprint density at radius 3 is 1.14 bits per heavy atom. The van der Waals surface area contributed by atoms with Crippen LogP contribution < -0.4 is 0 Å². The topological polar surface area (TPSA) is 0 Å². The normalized spacial score (nSPS) is 11.5. The average molecular weight is 413 g/mol. The van der Waals surface area contributed by atoms with Crippen LogP contribution in [0.15, 0.2) is 30.3 Å². The van der Waals surface area contributed by atoms with Crippen molar-refractivity contribution in [3.8, 4) is 0 Å². The summed E-state index contributed by atoms with van der Waals surface area (Å²) in [6.45, 7) is 29.4. The molecule has 2 rings (SSSR count). The Bertz CT molecular complexity index is 293. The summed E-state index contributed by atoms with van der Waals surface area (Å²) in [6.07, 6.45) is 8.69. The van der Waals surface area contributed by atoms with Gasteiger partial charge in [-0.15, -0.1) is 0 Å². The summed E-state index contributed by atoms with van der Waals surface area (Å²) >= 11 is 0. The van der Waals surface area contributed by atoms with E-state index in [0.29, 0.717) is 5.41 Å². The Morgan fingerprint density at radius 1 is 0.724 bits per heavy atom. The molecule has 0 radical (unpaired) electrons. The summed E-state index contributed by atoms with van der Waals surface area (Å²) in [7, 11) is 0. The van der Waals surface area contributed by atoms with Crippen molar-refractivity contribution in [2.45, 2.75) is 143 Å². The minimum atomic E-state index is 0. The SMILES string of the molecule is C.CC.CC.CC.CC(C)(C)C.CC1CCCCC1.CCC.Cc1ccccc1. The van der Waals surface area contributed by atoms with E-state index in [-0.39, 0.29) is 7.43 Å². The molecule has 0 bridgehead atoms. The third-order valence-electron chi connectivity index (χ3n) is 2.83. The summed E-state index contributed by atoms with van der Waals surface area (Å²) in [5.41, 5.74) is 1.82. The third kappa shape index (κ3) is 74.7. The van der Waals surface area contributed by atoms with Crippen LogP contribution in [-0.2, 0) is 0 Å². The van der Waals surface area contributed by atoms with Crippen LogP contribution >= 0.6 is 0 Å². The first-order chi connectivity index (χ1) is 13.2. The molecule has 0 aliphatic heterocycles. The fourth-order valence-electron chi connectivity index (χ4n) is 1.84. The molecule has 0 nitrogen and oxygen atoms in total. The van der Waals surface area contributed by atoms with E-state index in [4.69, 9.17) is 0 Å². The summed E-state index contributed by atoms with van der Waals surface area (Å²) in [4.78, 5) is 0. The molecule has 0 spiro atoms. The molecule has 0 aromatic heterocycles. The molecular formula is C29H64. The van der Waals surface area contributed by atoms with Crippen LogP contribution in [-0.4, -0.2) is 0 Å². The first-order valence-corrected chi connectivity index (χ1v) is 12.2. The van der Waals surface area contributed by atoms with Gasteiger partial charge in [0.25, 0.3) is 0 Å². The molecule has 1 saturated carbocycles. The van der Waals surface area contributed by atoms with Crippen molar-refractivity contribution in [1.82, 2.24) is 0 Å². The lowest BCUT2D eigenvalue weighted by Crippen LogP contribution is -1.99. The Labute approximate surface area is 190 Å². The number of rotatable bonds is 0. The first-order valence-electron chi connectivity index (χ1n) is 12.2. The zero-order chi connectivity index (χ0) is 23.4. The van der Waals surface area contributed by atoms with E-state index in [2.05, 4.69) is 67.5 Å². The fraction of sp³-hybridized carbons (Fsp3) is 0.793. The summed E-state index contributed by atoms with van der Waals surface area (Å²) in [5.74, 6) is 1.04. The first kappa shape index (κ1) is 42.3. The molecule has 1 aliphatic rings. The summed E-state index contributed by atoms with van der Waals surface area (Å²) < 4.78 is 0. The largest absolute Gasteiger partial charge is 0.0776 e. The van der Waals surface area contributed by atoms with Gasteiger partial charge in [-0.1, -0.05) is 172 Å². The van der Waals surface area contributed by atoms with Crippen molar-refractivity contribution >= 4 is 0 Å². The van der Waals surface area contributed by atoms with E-state index in [0.717, 1.165) is 5.92 Å². The third-order valence-corrected chi connectivity index (χ3v) is 2.83. The van der Waals surface area contributed by atoms with Gasteiger partial charge in [-0.2, -0.15) is 0 Å². The monoisotopic (exact) mass is 413 g/mol. The molecule has 1 aromatic carbocycles. The van der Waals surface area contributed by atoms with Crippen molar-refractivity contribution in [3.05, 3.63) is 35.9 Å². The molecule has 1 fully saturated rings. The van der Waals surface area contributed by atoms with Crippen molar-refractivity contribution in [3.63, 3.8) is 0 Å². The van der Waals surface area contributed by atoms with Gasteiger partial charge in [0.2, 0.25) is 0 Å². The molecule has 180 valence electrons. The van der Waals surface area contributed by atoms with Gasteiger partial charge in [0.05, 0.1) is 0 Å². The van der Waals surface area contributed by atoms with Crippen molar-refractivity contribution < 1.29 is 0 Å². The lowest BCUT2D eigenvalue weighted by Gasteiger charge is -2.15. The van der Waals surface area contributed by atoms with Crippen LogP contribution in [0, 0.1) is 18.3 Å². The standard InChI is InChI=1S/C7H14.C7H8.C5H12.C3H8.3C2H6.CH4/c2*1-7-5-3-2-4-6-7;1-5(2,3)4;1-3-2;3*1-2;/h7H,2-6H2,1H3;2-6H,1H3;1-4H3;3H2,1-2H3;3*1-2H3;1H4. The van der Waals surface area contributed by atoms with E-state index in [9.17, 15) is 0 Å². The molecule has 0 unspecified atom stereocenters. The van der Waals surface area contributed by atoms with Crippen LogP contribution in [0.5, 0.6) is 0 Å². The van der Waals surface area contributed by atoms with Gasteiger partial charge >= 0.3 is 0 Å². The molecule has 0 N–H and O–H groups in total. The van der Waals surface area contributed by atoms with E-state index in [1.807, 2.05) is 59.7 Å². The number of hydrogen-bond acceptors (Lipinski definition) is 0. The maximum absolute atomic E-state index is 2.36. The Morgan fingerprint density at radius 2 is 1.00 bits per heavy atom. The summed E-state index contributed by atoms with van der Waals surface area (Å²) in [5, 5.41) is 0. The predicted molar refractivity (Wildman–Crippen MR) is 145 cm³/mol. The van der Waals surface area contributed by atoms with Gasteiger partial charge in [-0.3, -0.25) is 0 Å². The lowest BCUT2D eigenvalue weighted by molar-refractivity contribution is 0.385. The van der Waals surface area contributed by atoms with Gasteiger partial charge in [0.15, 0.2) is 0 Å². The Balaban J connectivity index is -0.0000000570. The van der Waals surface area contributed by atoms with E-state index >= 15 is 0 Å². The van der Waals surface area contributed by atoms with Gasteiger partial charge in [-0.25, -0.2) is 0 Å². The van der Waals surface area contributed by atoms with Crippen molar-refractivity contribution in [2.24, 2.45) is 11.3 Å². The second kappa shape index (κ2) is 37.9. The molecule has 0 saturated heterocycles. The second-order valence-electron chi connectivity index (χ2n) is 8.10. The lowest BCUT2D eigenvalue weighted by atomic mass is 9.91. The van der Waals surface area contributed by atoms with Crippen LogP contribution in [0.1, 0.15) is 142 Å². The molecule has 0 atom stereocenters. The molecule has 1 aromatic rings. The van der Waals surface area contributed by atoms with Crippen LogP contribution in [0.4, 0.5) is 0 Å². The highest BCUT2D eigenvalue weighted by Crippen LogP contribution is 2.22. The number of hydrogen-bond donors (Lipinski definition) is 0. The maximum Gasteiger partial charge on any atom is -0.0398 e. The molecule has 0 heteroatoms. The Kier molecular flexibility index (Phi) is 55.3. The van der Waals surface area contributed by atoms with Crippen LogP contribution in [0.2, 0.25) is 0 Å². The number of benzene rings is 1. The zero-order valence-electron chi connectivity index (χ0n) is 22.7. The predicted octanol–water partition coefficient (Wildman–Crippen LogP) is 11.8. The maximum atomic E-state index is 2.36. The minimum Gasteiger partial charge on any atom is -0.0776 e. The van der Waals surface area contributed by atoms with Crippen molar-refractivity contribution in [1.29, 1.82) is 0 Å². The van der Waals surface area contributed by atoms with Gasteiger partial charge < -0.3 is 0 Å². The highest BCUT2D eigenvalue weighted by atomic mass is 14.1. The average Bonchev–Trinajstić information content (AvgIpc) is 2.68. The van der Waals surface area contributed by atoms with Gasteiger partial charge in [0.1, 0.15) is 0 Å². The quantitative estimate of drug-likeness (QED) is 0.397. The van der Waals surface area contributed by atoms with Gasteiger partial charge in [-0.05, 0) is 18.3 Å². The van der Waals surface area contributed by atoms with E-state index in [1.165, 1.54) is 44.1 Å². The highest BCUT2D eigenvalue weighted by molar-refractivity contribution is 5.11. The molecule has 0 amide bonds. The molecule has 1 aliphatic carbocycles. The molecular weight excluding hydrogens is 348 g/mol.